The molecule has 0 saturated heterocycles. The summed E-state index contributed by atoms with van der Waals surface area (Å²) in [6, 6.07) is 1.54. The number of anilines is 1. The SMILES string of the molecule is CCCCNC(=O)c1c(NS(=O)(=O)c2cc(Br)sc2C)nc(C)n1C. The fourth-order valence-corrected chi connectivity index (χ4v) is 5.71. The molecule has 0 fully saturated rings. The van der Waals surface area contributed by atoms with Crippen molar-refractivity contribution >= 4 is 49.0 Å². The molecule has 2 N–H and O–H groups in total. The van der Waals surface area contributed by atoms with Crippen molar-refractivity contribution < 1.29 is 13.2 Å². The van der Waals surface area contributed by atoms with E-state index in [1.54, 1.807) is 31.5 Å². The Morgan fingerprint density at radius 2 is 2.08 bits per heavy atom. The zero-order valence-corrected chi connectivity index (χ0v) is 17.7. The zero-order chi connectivity index (χ0) is 18.8. The molecule has 0 bridgehead atoms. The van der Waals surface area contributed by atoms with Gasteiger partial charge < -0.3 is 9.88 Å². The normalized spacial score (nSPS) is 11.6. The van der Waals surface area contributed by atoms with Crippen LogP contribution < -0.4 is 10.0 Å². The number of sulfonamides is 1. The van der Waals surface area contributed by atoms with Gasteiger partial charge in [0.1, 0.15) is 10.7 Å². The minimum Gasteiger partial charge on any atom is -0.351 e. The largest absolute Gasteiger partial charge is 0.351 e. The van der Waals surface area contributed by atoms with E-state index >= 15 is 0 Å². The third-order valence-corrected chi connectivity index (χ3v) is 6.86. The number of hydrogen-bond acceptors (Lipinski definition) is 5. The van der Waals surface area contributed by atoms with E-state index in [-0.39, 0.29) is 22.3 Å². The highest BCUT2D eigenvalue weighted by Gasteiger charge is 2.26. The highest BCUT2D eigenvalue weighted by Crippen LogP contribution is 2.31. The maximum absolute atomic E-state index is 12.7. The van der Waals surface area contributed by atoms with Crippen molar-refractivity contribution in [2.45, 2.75) is 38.5 Å². The number of nitrogens with one attached hydrogen (secondary N) is 2. The van der Waals surface area contributed by atoms with Crippen LogP contribution in [-0.2, 0) is 17.1 Å². The molecule has 0 aliphatic rings. The average molecular weight is 449 g/mol. The summed E-state index contributed by atoms with van der Waals surface area (Å²) in [4.78, 5) is 17.5. The first kappa shape index (κ1) is 19.9. The molecule has 0 atom stereocenters. The van der Waals surface area contributed by atoms with Gasteiger partial charge in [0.25, 0.3) is 15.9 Å². The molecule has 138 valence electrons. The second-order valence-electron chi connectivity index (χ2n) is 5.60. The van der Waals surface area contributed by atoms with Crippen molar-refractivity contribution in [3.63, 3.8) is 0 Å². The van der Waals surface area contributed by atoms with Gasteiger partial charge in [0.05, 0.1) is 3.79 Å². The number of aromatic nitrogens is 2. The second kappa shape index (κ2) is 7.88. The van der Waals surface area contributed by atoms with Gasteiger partial charge >= 0.3 is 0 Å². The van der Waals surface area contributed by atoms with Crippen LogP contribution in [0, 0.1) is 13.8 Å². The lowest BCUT2D eigenvalue weighted by Gasteiger charge is -2.09. The lowest BCUT2D eigenvalue weighted by atomic mass is 10.3. The number of hydrogen-bond donors (Lipinski definition) is 2. The van der Waals surface area contributed by atoms with Crippen LogP contribution in [-0.4, -0.2) is 30.4 Å². The van der Waals surface area contributed by atoms with Crippen molar-refractivity contribution in [3.8, 4) is 0 Å². The van der Waals surface area contributed by atoms with Crippen molar-refractivity contribution in [3.05, 3.63) is 26.2 Å². The van der Waals surface area contributed by atoms with E-state index in [9.17, 15) is 13.2 Å². The highest BCUT2D eigenvalue weighted by molar-refractivity contribution is 9.11. The summed E-state index contributed by atoms with van der Waals surface area (Å²) in [6.07, 6.45) is 1.81. The van der Waals surface area contributed by atoms with Gasteiger partial charge in [-0.1, -0.05) is 13.3 Å². The van der Waals surface area contributed by atoms with Gasteiger partial charge in [-0.3, -0.25) is 9.52 Å². The second-order valence-corrected chi connectivity index (χ2v) is 9.89. The summed E-state index contributed by atoms with van der Waals surface area (Å²) in [5.74, 6) is 0.231. The molecule has 2 rings (SSSR count). The number of carbonyl (C=O) groups excluding carboxylic acids is 1. The molecule has 0 aliphatic carbocycles. The molecule has 0 unspecified atom stereocenters. The molecule has 2 aromatic heterocycles. The van der Waals surface area contributed by atoms with E-state index in [4.69, 9.17) is 0 Å². The molecule has 0 aliphatic heterocycles. The maximum atomic E-state index is 12.7. The van der Waals surface area contributed by atoms with E-state index in [0.29, 0.717) is 17.2 Å². The van der Waals surface area contributed by atoms with Crippen LogP contribution in [0.1, 0.15) is 41.0 Å². The van der Waals surface area contributed by atoms with Crippen LogP contribution in [0.2, 0.25) is 0 Å². The lowest BCUT2D eigenvalue weighted by Crippen LogP contribution is -2.28. The Morgan fingerprint density at radius 1 is 1.40 bits per heavy atom. The minimum atomic E-state index is -3.83. The fraction of sp³-hybridized carbons (Fsp3) is 0.467. The minimum absolute atomic E-state index is 0.0377. The summed E-state index contributed by atoms with van der Waals surface area (Å²) in [5, 5.41) is 2.80. The molecule has 0 saturated carbocycles. The van der Waals surface area contributed by atoms with Gasteiger partial charge in [0, 0.05) is 18.5 Å². The number of unbranched alkanes of at least 4 members (excludes halogenated alkanes) is 1. The molecule has 10 heteroatoms. The number of amides is 1. The molecule has 0 radical (unpaired) electrons. The quantitative estimate of drug-likeness (QED) is 0.635. The average Bonchev–Trinajstić information content (AvgIpc) is 2.99. The number of thiophene rings is 1. The molecule has 7 nitrogen and oxygen atoms in total. The van der Waals surface area contributed by atoms with E-state index in [1.165, 1.54) is 11.3 Å². The number of rotatable bonds is 7. The smallest absolute Gasteiger partial charge is 0.271 e. The van der Waals surface area contributed by atoms with Gasteiger partial charge in [-0.15, -0.1) is 11.3 Å². The molecule has 0 aromatic carbocycles. The number of nitrogens with zero attached hydrogens (tertiary/aromatic N) is 2. The number of aryl methyl sites for hydroxylation is 2. The van der Waals surface area contributed by atoms with Crippen molar-refractivity contribution in [1.82, 2.24) is 14.9 Å². The van der Waals surface area contributed by atoms with Crippen LogP contribution in [0.15, 0.2) is 14.7 Å². The molecule has 1 amide bonds. The predicted molar refractivity (Wildman–Crippen MR) is 103 cm³/mol. The highest BCUT2D eigenvalue weighted by atomic mass is 79.9. The summed E-state index contributed by atoms with van der Waals surface area (Å²) >= 11 is 4.62. The Labute approximate surface area is 160 Å². The maximum Gasteiger partial charge on any atom is 0.271 e. The zero-order valence-electron chi connectivity index (χ0n) is 14.5. The lowest BCUT2D eigenvalue weighted by molar-refractivity contribution is 0.0946. The van der Waals surface area contributed by atoms with Gasteiger partial charge in [-0.2, -0.15) is 0 Å². The predicted octanol–water partition coefficient (Wildman–Crippen LogP) is 3.19. The standard InChI is InChI=1S/C15H21BrN4O3S2/c1-5-6-7-17-15(21)13-14(18-10(3)20(13)4)19-25(22,23)11-8-12(16)24-9(11)2/h8,19H,5-7H2,1-4H3,(H,17,21). The van der Waals surface area contributed by atoms with E-state index in [1.807, 2.05) is 6.92 Å². The first-order valence-electron chi connectivity index (χ1n) is 7.77. The summed E-state index contributed by atoms with van der Waals surface area (Å²) < 4.78 is 30.1. The number of carbonyl (C=O) groups is 1. The van der Waals surface area contributed by atoms with Gasteiger partial charge in [0.2, 0.25) is 0 Å². The summed E-state index contributed by atoms with van der Waals surface area (Å²) in [7, 11) is -2.15. The van der Waals surface area contributed by atoms with Crippen LogP contribution in [0.3, 0.4) is 0 Å². The molecular weight excluding hydrogens is 428 g/mol. The van der Waals surface area contributed by atoms with Gasteiger partial charge in [0.15, 0.2) is 11.5 Å². The number of imidazole rings is 1. The molecule has 2 aromatic rings. The van der Waals surface area contributed by atoms with Crippen LogP contribution in [0.4, 0.5) is 5.82 Å². The molecule has 2 heterocycles. The fourth-order valence-electron chi connectivity index (χ4n) is 2.28. The first-order chi connectivity index (χ1) is 11.7. The number of halogens is 1. The molecular formula is C15H21BrN4O3S2. The first-order valence-corrected chi connectivity index (χ1v) is 10.9. The van der Waals surface area contributed by atoms with Gasteiger partial charge in [-0.05, 0) is 42.3 Å². The summed E-state index contributed by atoms with van der Waals surface area (Å²) in [5.41, 5.74) is 0.198. The van der Waals surface area contributed by atoms with Crippen LogP contribution in [0.25, 0.3) is 0 Å². The van der Waals surface area contributed by atoms with Crippen molar-refractivity contribution in [1.29, 1.82) is 0 Å². The van der Waals surface area contributed by atoms with E-state index in [0.717, 1.165) is 16.6 Å². The van der Waals surface area contributed by atoms with Crippen LogP contribution >= 0.6 is 27.3 Å². The van der Waals surface area contributed by atoms with Crippen molar-refractivity contribution in [2.24, 2.45) is 7.05 Å². The molecule has 25 heavy (non-hydrogen) atoms. The Hall–Kier alpha value is -1.39. The topological polar surface area (TPSA) is 93.1 Å². The van der Waals surface area contributed by atoms with E-state index in [2.05, 4.69) is 31.0 Å². The Morgan fingerprint density at radius 3 is 2.64 bits per heavy atom. The Bertz CT molecular complexity index is 887. The monoisotopic (exact) mass is 448 g/mol. The Balaban J connectivity index is 2.35. The third kappa shape index (κ3) is 4.42. The third-order valence-electron chi connectivity index (χ3n) is 3.71. The van der Waals surface area contributed by atoms with Crippen molar-refractivity contribution in [2.75, 3.05) is 11.3 Å². The molecule has 0 spiro atoms. The van der Waals surface area contributed by atoms with Crippen LogP contribution in [0.5, 0.6) is 0 Å². The summed E-state index contributed by atoms with van der Waals surface area (Å²) in [6.45, 7) is 6.00. The van der Waals surface area contributed by atoms with Gasteiger partial charge in [-0.25, -0.2) is 13.4 Å². The van der Waals surface area contributed by atoms with E-state index < -0.39 is 10.0 Å². The Kier molecular flexibility index (Phi) is 6.28.